The van der Waals surface area contributed by atoms with E-state index in [4.69, 9.17) is 16.3 Å². The van der Waals surface area contributed by atoms with Gasteiger partial charge in [0.25, 0.3) is 0 Å². The van der Waals surface area contributed by atoms with E-state index in [9.17, 15) is 0 Å². The largest absolute Gasteiger partial charge is 0.457 e. The quantitative estimate of drug-likeness (QED) is 0.709. The number of hydrogen-bond donors (Lipinski definition) is 1. The first-order chi connectivity index (χ1) is 9.58. The van der Waals surface area contributed by atoms with Crippen LogP contribution >= 0.6 is 11.6 Å². The maximum Gasteiger partial charge on any atom is 0.133 e. The van der Waals surface area contributed by atoms with Gasteiger partial charge in [-0.2, -0.15) is 0 Å². The van der Waals surface area contributed by atoms with Gasteiger partial charge in [-0.1, -0.05) is 11.6 Å². The number of anilines is 1. The first-order valence-electron chi connectivity index (χ1n) is 6.92. The fraction of sp³-hybridized carbons (Fsp3) is 0.294. The van der Waals surface area contributed by atoms with Crippen molar-refractivity contribution in [3.63, 3.8) is 0 Å². The van der Waals surface area contributed by atoms with Gasteiger partial charge in [0.1, 0.15) is 11.5 Å². The topological polar surface area (TPSA) is 21.3 Å². The Hall–Kier alpha value is -1.67. The summed E-state index contributed by atoms with van der Waals surface area (Å²) in [6.07, 6.45) is 0.873. The highest BCUT2D eigenvalue weighted by molar-refractivity contribution is 6.31. The Morgan fingerprint density at radius 1 is 1.05 bits per heavy atom. The molecule has 0 saturated heterocycles. The van der Waals surface area contributed by atoms with Crippen LogP contribution in [0.25, 0.3) is 0 Å². The lowest BCUT2D eigenvalue weighted by molar-refractivity contribution is 0.459. The molecular formula is C17H18ClNO. The van der Waals surface area contributed by atoms with Crippen molar-refractivity contribution in [2.75, 3.05) is 11.9 Å². The van der Waals surface area contributed by atoms with E-state index in [2.05, 4.69) is 31.3 Å². The zero-order valence-corrected chi connectivity index (χ0v) is 12.8. The summed E-state index contributed by atoms with van der Waals surface area (Å²) in [4.78, 5) is 0. The maximum atomic E-state index is 6.20. The van der Waals surface area contributed by atoms with Crippen LogP contribution in [0.1, 0.15) is 29.2 Å². The van der Waals surface area contributed by atoms with E-state index in [1.807, 2.05) is 19.1 Å². The van der Waals surface area contributed by atoms with Crippen LogP contribution in [-0.2, 0) is 6.42 Å². The van der Waals surface area contributed by atoms with Gasteiger partial charge in [-0.15, -0.1) is 0 Å². The molecule has 0 saturated carbocycles. The molecule has 0 bridgehead atoms. The molecular weight excluding hydrogens is 270 g/mol. The van der Waals surface area contributed by atoms with Crippen LogP contribution in [-0.4, -0.2) is 6.54 Å². The average molecular weight is 288 g/mol. The van der Waals surface area contributed by atoms with Gasteiger partial charge in [0.15, 0.2) is 0 Å². The molecule has 0 radical (unpaired) electrons. The summed E-state index contributed by atoms with van der Waals surface area (Å²) in [7, 11) is 0. The van der Waals surface area contributed by atoms with Gasteiger partial charge in [-0.3, -0.25) is 0 Å². The molecule has 1 aliphatic rings. The molecule has 2 nitrogen and oxygen atoms in total. The van der Waals surface area contributed by atoms with Crippen LogP contribution in [0.4, 0.5) is 5.69 Å². The number of nitrogens with one attached hydrogen (secondary N) is 1. The zero-order valence-electron chi connectivity index (χ0n) is 12.0. The summed E-state index contributed by atoms with van der Waals surface area (Å²) in [5.41, 5.74) is 5.81. The normalized spacial score (nSPS) is 12.4. The van der Waals surface area contributed by atoms with Crippen LogP contribution < -0.4 is 10.1 Å². The Labute approximate surface area is 124 Å². The smallest absolute Gasteiger partial charge is 0.133 e. The predicted octanol–water partition coefficient (Wildman–Crippen LogP) is 5.09. The van der Waals surface area contributed by atoms with Gasteiger partial charge in [-0.05, 0) is 55.7 Å². The van der Waals surface area contributed by atoms with Crippen LogP contribution in [0.15, 0.2) is 24.3 Å². The highest BCUT2D eigenvalue weighted by atomic mass is 35.5. The third-order valence-corrected chi connectivity index (χ3v) is 4.12. The van der Waals surface area contributed by atoms with Crippen LogP contribution in [0.5, 0.6) is 11.5 Å². The highest BCUT2D eigenvalue weighted by Crippen LogP contribution is 2.40. The summed E-state index contributed by atoms with van der Waals surface area (Å²) in [6, 6.07) is 8.33. The number of halogens is 1. The number of aryl methyl sites for hydroxylation is 2. The Balaban J connectivity index is 2.04. The molecule has 0 aromatic heterocycles. The molecule has 1 heterocycles. The third kappa shape index (κ3) is 2.25. The highest BCUT2D eigenvalue weighted by Gasteiger charge is 2.19. The van der Waals surface area contributed by atoms with E-state index in [1.54, 1.807) is 0 Å². The second-order valence-electron chi connectivity index (χ2n) is 5.29. The fourth-order valence-electron chi connectivity index (χ4n) is 2.61. The van der Waals surface area contributed by atoms with Crippen molar-refractivity contribution >= 4 is 17.3 Å². The lowest BCUT2D eigenvalue weighted by atomic mass is 9.97. The molecule has 3 heteroatoms. The van der Waals surface area contributed by atoms with Crippen LogP contribution in [0.2, 0.25) is 5.02 Å². The maximum absolute atomic E-state index is 6.20. The van der Waals surface area contributed by atoms with Crippen molar-refractivity contribution in [3.8, 4) is 11.5 Å². The molecule has 0 unspecified atom stereocenters. The molecule has 1 N–H and O–H groups in total. The molecule has 20 heavy (non-hydrogen) atoms. The van der Waals surface area contributed by atoms with Crippen LogP contribution in [0, 0.1) is 13.8 Å². The third-order valence-electron chi connectivity index (χ3n) is 3.72. The molecule has 2 aromatic carbocycles. The molecule has 2 aromatic rings. The summed E-state index contributed by atoms with van der Waals surface area (Å²) in [5, 5.41) is 4.17. The van der Waals surface area contributed by atoms with E-state index < -0.39 is 0 Å². The Bertz CT molecular complexity index is 679. The molecule has 0 spiro atoms. The lowest BCUT2D eigenvalue weighted by Gasteiger charge is -2.23. The number of fused-ring (bicyclic) bond motifs is 2. The van der Waals surface area contributed by atoms with Crippen molar-refractivity contribution in [1.29, 1.82) is 0 Å². The monoisotopic (exact) mass is 287 g/mol. The van der Waals surface area contributed by atoms with Gasteiger partial charge in [-0.25, -0.2) is 0 Å². The molecule has 104 valence electrons. The molecule has 0 atom stereocenters. The Morgan fingerprint density at radius 3 is 2.50 bits per heavy atom. The molecule has 0 amide bonds. The van der Waals surface area contributed by atoms with E-state index in [1.165, 1.54) is 11.1 Å². The first-order valence-corrected chi connectivity index (χ1v) is 7.30. The summed E-state index contributed by atoms with van der Waals surface area (Å²) < 4.78 is 6.06. The molecule has 0 fully saturated rings. The number of ether oxygens (including phenoxy) is 1. The summed E-state index contributed by atoms with van der Waals surface area (Å²) in [5.74, 6) is 1.87. The van der Waals surface area contributed by atoms with Gasteiger partial charge >= 0.3 is 0 Å². The minimum absolute atomic E-state index is 0.803. The minimum atomic E-state index is 0.803. The molecule has 0 aliphatic carbocycles. The molecule has 3 rings (SSSR count). The fourth-order valence-corrected chi connectivity index (χ4v) is 2.80. The zero-order chi connectivity index (χ0) is 14.3. The molecule has 1 aliphatic heterocycles. The summed E-state index contributed by atoms with van der Waals surface area (Å²) in [6.45, 7) is 7.13. The van der Waals surface area contributed by atoms with Gasteiger partial charge in [0, 0.05) is 35.3 Å². The van der Waals surface area contributed by atoms with Crippen molar-refractivity contribution in [3.05, 3.63) is 51.5 Å². The number of rotatable bonds is 2. The second-order valence-corrected chi connectivity index (χ2v) is 5.70. The van der Waals surface area contributed by atoms with Crippen molar-refractivity contribution in [2.45, 2.75) is 27.2 Å². The van der Waals surface area contributed by atoms with Gasteiger partial charge in [0.05, 0.1) is 0 Å². The van der Waals surface area contributed by atoms with Crippen molar-refractivity contribution in [1.82, 2.24) is 0 Å². The number of benzene rings is 2. The Kier molecular flexibility index (Phi) is 3.35. The van der Waals surface area contributed by atoms with Crippen molar-refractivity contribution < 1.29 is 4.74 Å². The van der Waals surface area contributed by atoms with Crippen LogP contribution in [0.3, 0.4) is 0 Å². The number of hydrogen-bond acceptors (Lipinski definition) is 2. The second kappa shape index (κ2) is 5.02. The van der Waals surface area contributed by atoms with Gasteiger partial charge < -0.3 is 10.1 Å². The summed E-state index contributed by atoms with van der Waals surface area (Å²) >= 11 is 6.20. The Morgan fingerprint density at radius 2 is 1.75 bits per heavy atom. The SMILES string of the molecule is CCNc1cc2c(cc1C)Cc1cc(Cl)c(C)cc1O2. The predicted molar refractivity (Wildman–Crippen MR) is 84.4 cm³/mol. The van der Waals surface area contributed by atoms with E-state index in [0.717, 1.165) is 46.3 Å². The minimum Gasteiger partial charge on any atom is -0.457 e. The van der Waals surface area contributed by atoms with E-state index >= 15 is 0 Å². The van der Waals surface area contributed by atoms with Crippen molar-refractivity contribution in [2.24, 2.45) is 0 Å². The average Bonchev–Trinajstić information content (AvgIpc) is 2.40. The van der Waals surface area contributed by atoms with E-state index in [0.29, 0.717) is 0 Å². The first kappa shape index (κ1) is 13.3. The van der Waals surface area contributed by atoms with Gasteiger partial charge in [0.2, 0.25) is 0 Å². The van der Waals surface area contributed by atoms with E-state index in [-0.39, 0.29) is 0 Å². The lowest BCUT2D eigenvalue weighted by Crippen LogP contribution is -2.06. The standard InChI is InChI=1S/C17H18ClNO/c1-4-19-15-9-17-12(5-11(15)3)7-13-8-14(18)10(2)6-16(13)20-17/h5-6,8-9,19H,4,7H2,1-3H3.